The van der Waals surface area contributed by atoms with Gasteiger partial charge >= 0.3 is 11.9 Å². The van der Waals surface area contributed by atoms with E-state index in [0.29, 0.717) is 51.6 Å². The highest BCUT2D eigenvalue weighted by Gasteiger charge is 2.22. The summed E-state index contributed by atoms with van der Waals surface area (Å²) < 4.78 is 21.4. The molecule has 23 nitrogen and oxygen atoms in total. The molecule has 0 radical (unpaired) electrons. The number of rotatable bonds is 55. The van der Waals surface area contributed by atoms with Crippen LogP contribution in [0.1, 0.15) is 174 Å². The average molecular weight is 1100 g/mol. The Kier molecular flexibility index (Phi) is 47.1. The van der Waals surface area contributed by atoms with Crippen molar-refractivity contribution in [2.75, 3.05) is 86.1 Å². The smallest absolute Gasteiger partial charge is 0.326 e. The maximum absolute atomic E-state index is 12.4. The number of hydrogen-bond acceptors (Lipinski definition) is 15. The van der Waals surface area contributed by atoms with Crippen LogP contribution >= 0.6 is 0 Å². The Balaban J connectivity index is 3.82. The molecular formula is C54H97N7O16. The van der Waals surface area contributed by atoms with Crippen molar-refractivity contribution in [2.24, 2.45) is 5.92 Å². The van der Waals surface area contributed by atoms with Crippen molar-refractivity contribution in [1.29, 1.82) is 0 Å². The topological polar surface area (TPSA) is 332 Å². The molecule has 23 heteroatoms. The molecule has 0 saturated heterocycles. The first-order valence-corrected chi connectivity index (χ1v) is 28.1. The Hall–Kier alpha value is -5.10. The minimum Gasteiger partial charge on any atom is -0.481 e. The minimum absolute atomic E-state index is 0.00399. The lowest BCUT2D eigenvalue weighted by atomic mass is 9.98. The molecule has 0 heterocycles. The third kappa shape index (κ3) is 47.8. The molecule has 0 saturated carbocycles. The molecule has 0 rings (SSSR count). The van der Waals surface area contributed by atoms with Gasteiger partial charge in [-0.15, -0.1) is 0 Å². The van der Waals surface area contributed by atoms with Crippen LogP contribution in [0.4, 0.5) is 0 Å². The number of aldehydes is 1. The number of Topliss-reactive ketones (excluding diaryl/α,β-unsaturated/α-hetero) is 1. The van der Waals surface area contributed by atoms with Gasteiger partial charge in [0, 0.05) is 70.2 Å². The molecule has 6 amide bonds. The highest BCUT2D eigenvalue weighted by Crippen LogP contribution is 2.14. The van der Waals surface area contributed by atoms with Gasteiger partial charge in [-0.1, -0.05) is 83.5 Å². The van der Waals surface area contributed by atoms with E-state index in [9.17, 15) is 53.1 Å². The molecule has 4 atom stereocenters. The predicted molar refractivity (Wildman–Crippen MR) is 289 cm³/mol. The number of carboxylic acid groups (broad SMARTS) is 2. The molecule has 0 aliphatic heterocycles. The van der Waals surface area contributed by atoms with Gasteiger partial charge in [0.15, 0.2) is 0 Å². The summed E-state index contributed by atoms with van der Waals surface area (Å²) >= 11 is 0. The SMILES string of the molecule is CNC[C@@H](CCCCNC(=O)CC[C@@H](C=O)NC(=O)CC[C@H](NC(=O)COCCOCCNC(=O)COCCOCCNC(=O)CC[C@@H](C)NC(=O)CCCCCCCCCCCCCCCCC(=O)O)C(=O)O)C(C)=O. The quantitative estimate of drug-likeness (QED) is 0.0311. The molecule has 0 aliphatic carbocycles. The monoisotopic (exact) mass is 1100 g/mol. The zero-order valence-electron chi connectivity index (χ0n) is 46.7. The van der Waals surface area contributed by atoms with E-state index in [1.807, 2.05) is 6.92 Å². The van der Waals surface area contributed by atoms with Crippen LogP contribution < -0.4 is 37.2 Å². The number of ketones is 1. The fourth-order valence-corrected chi connectivity index (χ4v) is 7.92. The van der Waals surface area contributed by atoms with Gasteiger partial charge in [0.05, 0.1) is 45.7 Å². The van der Waals surface area contributed by atoms with E-state index < -0.39 is 42.4 Å². The molecule has 0 unspecified atom stereocenters. The van der Waals surface area contributed by atoms with Gasteiger partial charge in [-0.25, -0.2) is 4.79 Å². The van der Waals surface area contributed by atoms with E-state index >= 15 is 0 Å². The third-order valence-corrected chi connectivity index (χ3v) is 12.4. The van der Waals surface area contributed by atoms with Gasteiger partial charge in [0.25, 0.3) is 0 Å². The van der Waals surface area contributed by atoms with Crippen LogP contribution in [0.3, 0.4) is 0 Å². The van der Waals surface area contributed by atoms with E-state index in [2.05, 4.69) is 37.2 Å². The summed E-state index contributed by atoms with van der Waals surface area (Å²) in [6.45, 7) is 5.21. The van der Waals surface area contributed by atoms with Crippen LogP contribution in [0.15, 0.2) is 0 Å². The van der Waals surface area contributed by atoms with Crippen molar-refractivity contribution in [1.82, 2.24) is 37.2 Å². The Morgan fingerprint density at radius 3 is 1.44 bits per heavy atom. The number of nitrogens with one attached hydrogen (secondary N) is 7. The largest absolute Gasteiger partial charge is 0.481 e. The molecule has 0 fully saturated rings. The molecule has 77 heavy (non-hydrogen) atoms. The molecule has 9 N–H and O–H groups in total. The fourth-order valence-electron chi connectivity index (χ4n) is 7.92. The summed E-state index contributed by atoms with van der Waals surface area (Å²) in [6, 6.07) is -2.46. The molecule has 0 aliphatic rings. The number of hydrogen-bond donors (Lipinski definition) is 9. The number of carboxylic acids is 2. The van der Waals surface area contributed by atoms with Crippen molar-refractivity contribution >= 4 is 59.5 Å². The van der Waals surface area contributed by atoms with Gasteiger partial charge < -0.3 is 71.2 Å². The van der Waals surface area contributed by atoms with E-state index in [0.717, 1.165) is 44.9 Å². The number of carbonyl (C=O) groups is 10. The second kappa shape index (κ2) is 50.4. The first-order valence-electron chi connectivity index (χ1n) is 28.1. The molecule has 444 valence electrons. The van der Waals surface area contributed by atoms with Crippen molar-refractivity contribution in [3.8, 4) is 0 Å². The maximum atomic E-state index is 12.4. The Morgan fingerprint density at radius 1 is 0.455 bits per heavy atom. The Bertz CT molecular complexity index is 1660. The summed E-state index contributed by atoms with van der Waals surface area (Å²) in [5.74, 6) is -4.16. The fraction of sp³-hybridized carbons (Fsp3) is 0.815. The standard InChI is InChI=1S/C54H97N7O16/c1-42(59-49(66)21-16-14-12-10-8-6-4-5-7-9-11-13-15-17-22-53(70)71)23-26-47(64)57-30-32-74-34-36-76-40-51(68)58-31-33-75-35-37-77-41-52(69)61-46(54(72)73)25-28-50(67)60-45(39-62)24-27-48(65)56-29-19-18-20-44(38-55-3)43(2)63/h39,42,44-46,55H,4-38,40-41H2,1-3H3,(H,56,65)(H,57,64)(H,58,68)(H,59,66)(H,60,67)(H,61,69)(H,70,71)(H,72,73)/t42-,44-,45+,46+/m1/s1. The zero-order valence-corrected chi connectivity index (χ0v) is 46.7. The van der Waals surface area contributed by atoms with Crippen LogP contribution in [0.5, 0.6) is 0 Å². The van der Waals surface area contributed by atoms with E-state index in [4.69, 9.17) is 24.1 Å². The maximum Gasteiger partial charge on any atom is 0.326 e. The highest BCUT2D eigenvalue weighted by atomic mass is 16.5. The number of aliphatic carboxylic acids is 2. The minimum atomic E-state index is -1.40. The Morgan fingerprint density at radius 2 is 0.922 bits per heavy atom. The van der Waals surface area contributed by atoms with Gasteiger partial charge in [0.2, 0.25) is 35.4 Å². The second-order valence-corrected chi connectivity index (χ2v) is 19.4. The van der Waals surface area contributed by atoms with Gasteiger partial charge in [-0.2, -0.15) is 0 Å². The van der Waals surface area contributed by atoms with Crippen molar-refractivity contribution < 1.29 is 77.1 Å². The summed E-state index contributed by atoms with van der Waals surface area (Å²) in [6.07, 6.45) is 19.5. The lowest BCUT2D eigenvalue weighted by Crippen LogP contribution is -2.44. The normalized spacial score (nSPS) is 12.6. The van der Waals surface area contributed by atoms with Crippen LogP contribution in [0.2, 0.25) is 0 Å². The summed E-state index contributed by atoms with van der Waals surface area (Å²) in [4.78, 5) is 119. The number of amides is 6. The van der Waals surface area contributed by atoms with Gasteiger partial charge in [0.1, 0.15) is 31.3 Å². The van der Waals surface area contributed by atoms with E-state index in [1.165, 1.54) is 51.4 Å². The molecule has 0 aromatic carbocycles. The number of unbranched alkanes of at least 4 members (excludes halogenated alkanes) is 14. The molecular weight excluding hydrogens is 1000 g/mol. The first-order chi connectivity index (χ1) is 37.1. The van der Waals surface area contributed by atoms with E-state index in [-0.39, 0.29) is 133 Å². The third-order valence-electron chi connectivity index (χ3n) is 12.4. The van der Waals surface area contributed by atoms with Crippen molar-refractivity contribution in [3.05, 3.63) is 0 Å². The van der Waals surface area contributed by atoms with E-state index in [1.54, 1.807) is 14.0 Å². The lowest BCUT2D eigenvalue weighted by molar-refractivity contribution is -0.143. The van der Waals surface area contributed by atoms with Crippen molar-refractivity contribution in [2.45, 2.75) is 192 Å². The Labute approximate surface area is 457 Å². The molecule has 0 bridgehead atoms. The predicted octanol–water partition coefficient (Wildman–Crippen LogP) is 3.42. The summed E-state index contributed by atoms with van der Waals surface area (Å²) in [5.41, 5.74) is 0. The van der Waals surface area contributed by atoms with Crippen molar-refractivity contribution in [3.63, 3.8) is 0 Å². The van der Waals surface area contributed by atoms with Crippen LogP contribution in [0, 0.1) is 5.92 Å². The average Bonchev–Trinajstić information content (AvgIpc) is 3.38. The molecule has 0 aromatic heterocycles. The zero-order chi connectivity index (χ0) is 57.2. The summed E-state index contributed by atoms with van der Waals surface area (Å²) in [7, 11) is 1.78. The van der Waals surface area contributed by atoms with Crippen LogP contribution in [-0.4, -0.2) is 174 Å². The molecule has 0 aromatic rings. The van der Waals surface area contributed by atoms with Gasteiger partial charge in [-0.3, -0.25) is 38.4 Å². The number of carbonyl (C=O) groups excluding carboxylic acids is 8. The molecule has 0 spiro atoms. The summed E-state index contributed by atoms with van der Waals surface area (Å²) in [5, 5.41) is 37.1. The highest BCUT2D eigenvalue weighted by molar-refractivity contribution is 5.85. The second-order valence-electron chi connectivity index (χ2n) is 19.4. The first kappa shape index (κ1) is 71.9. The van der Waals surface area contributed by atoms with Crippen LogP contribution in [0.25, 0.3) is 0 Å². The van der Waals surface area contributed by atoms with Crippen LogP contribution in [-0.2, 0) is 66.9 Å². The lowest BCUT2D eigenvalue weighted by Gasteiger charge is -2.16. The number of ether oxygens (including phenoxy) is 4. The van der Waals surface area contributed by atoms with Gasteiger partial charge in [-0.05, 0) is 65.8 Å².